The summed E-state index contributed by atoms with van der Waals surface area (Å²) in [5.41, 5.74) is 4.47. The Morgan fingerprint density at radius 3 is 2.56 bits per heavy atom. The molecule has 0 radical (unpaired) electrons. The first-order valence-corrected chi connectivity index (χ1v) is 12.6. The standard InChI is InChI=1S/C28H26N2O4S2/c1-4-19-8-11-22(12-9-19)30-27(32)25(36-28(30)35)16-20-10-13-23(24(15-20)33-3)34-17-26(31)29-21-7-5-6-18(2)14-21/h5-16H,4,17H2,1-3H3,(H,29,31)/b25-16-. The van der Waals surface area contributed by atoms with Crippen LogP contribution in [0, 0.1) is 6.92 Å². The first kappa shape index (κ1) is 25.5. The van der Waals surface area contributed by atoms with Crippen molar-refractivity contribution in [3.05, 3.63) is 88.3 Å². The van der Waals surface area contributed by atoms with Crippen molar-refractivity contribution < 1.29 is 19.1 Å². The van der Waals surface area contributed by atoms with E-state index in [9.17, 15) is 9.59 Å². The summed E-state index contributed by atoms with van der Waals surface area (Å²) in [7, 11) is 1.53. The summed E-state index contributed by atoms with van der Waals surface area (Å²) in [6.45, 7) is 3.88. The van der Waals surface area contributed by atoms with E-state index in [1.54, 1.807) is 29.2 Å². The smallest absolute Gasteiger partial charge is 0.270 e. The fraction of sp³-hybridized carbons (Fsp3) is 0.179. The van der Waals surface area contributed by atoms with Crippen LogP contribution in [0.5, 0.6) is 11.5 Å². The Hall–Kier alpha value is -3.62. The molecule has 1 aliphatic rings. The average molecular weight is 519 g/mol. The van der Waals surface area contributed by atoms with Gasteiger partial charge in [0.25, 0.3) is 11.8 Å². The highest BCUT2D eigenvalue weighted by molar-refractivity contribution is 8.27. The van der Waals surface area contributed by atoms with Crippen LogP contribution < -0.4 is 19.7 Å². The van der Waals surface area contributed by atoms with E-state index in [4.69, 9.17) is 21.7 Å². The lowest BCUT2D eigenvalue weighted by atomic mass is 10.1. The van der Waals surface area contributed by atoms with Crippen molar-refractivity contribution in [3.8, 4) is 11.5 Å². The molecule has 3 aromatic rings. The summed E-state index contributed by atoms with van der Waals surface area (Å²) in [5.74, 6) is 0.444. The molecule has 0 aliphatic carbocycles. The Morgan fingerprint density at radius 1 is 1.08 bits per heavy atom. The number of nitrogens with zero attached hydrogens (tertiary/aromatic N) is 1. The number of carbonyl (C=O) groups excluding carboxylic acids is 2. The number of hydrogen-bond acceptors (Lipinski definition) is 6. The van der Waals surface area contributed by atoms with Gasteiger partial charge in [0.2, 0.25) is 0 Å². The molecule has 1 heterocycles. The first-order valence-electron chi connectivity index (χ1n) is 11.4. The maximum atomic E-state index is 13.1. The summed E-state index contributed by atoms with van der Waals surface area (Å²) in [6, 6.07) is 20.7. The van der Waals surface area contributed by atoms with Gasteiger partial charge in [-0.3, -0.25) is 14.5 Å². The molecule has 8 heteroatoms. The quantitative estimate of drug-likeness (QED) is 0.292. The van der Waals surface area contributed by atoms with Crippen molar-refractivity contribution in [2.45, 2.75) is 20.3 Å². The molecule has 6 nitrogen and oxygen atoms in total. The van der Waals surface area contributed by atoms with E-state index in [2.05, 4.69) is 12.2 Å². The van der Waals surface area contributed by atoms with Crippen molar-refractivity contribution in [2.24, 2.45) is 0 Å². The van der Waals surface area contributed by atoms with Gasteiger partial charge in [0.05, 0.1) is 17.7 Å². The van der Waals surface area contributed by atoms with Crippen molar-refractivity contribution in [3.63, 3.8) is 0 Å². The topological polar surface area (TPSA) is 67.9 Å². The van der Waals surface area contributed by atoms with Crippen LogP contribution >= 0.6 is 24.0 Å². The summed E-state index contributed by atoms with van der Waals surface area (Å²) >= 11 is 6.74. The predicted molar refractivity (Wildman–Crippen MR) is 150 cm³/mol. The molecule has 0 spiro atoms. The van der Waals surface area contributed by atoms with E-state index in [0.717, 1.165) is 23.2 Å². The maximum Gasteiger partial charge on any atom is 0.270 e. The lowest BCUT2D eigenvalue weighted by Gasteiger charge is -2.14. The number of ether oxygens (including phenoxy) is 2. The number of aryl methyl sites for hydroxylation is 2. The van der Waals surface area contributed by atoms with Crippen LogP contribution in [-0.2, 0) is 16.0 Å². The van der Waals surface area contributed by atoms with Crippen LogP contribution in [0.4, 0.5) is 11.4 Å². The van der Waals surface area contributed by atoms with E-state index in [0.29, 0.717) is 26.4 Å². The van der Waals surface area contributed by atoms with Crippen molar-refractivity contribution in [1.82, 2.24) is 0 Å². The van der Waals surface area contributed by atoms with Gasteiger partial charge >= 0.3 is 0 Å². The molecule has 1 aliphatic heterocycles. The molecule has 184 valence electrons. The largest absolute Gasteiger partial charge is 0.493 e. The van der Waals surface area contributed by atoms with Gasteiger partial charge in [0.15, 0.2) is 22.4 Å². The van der Waals surface area contributed by atoms with Gasteiger partial charge < -0.3 is 14.8 Å². The third-order valence-electron chi connectivity index (χ3n) is 5.54. The van der Waals surface area contributed by atoms with E-state index >= 15 is 0 Å². The number of methoxy groups -OCH3 is 1. The predicted octanol–water partition coefficient (Wildman–Crippen LogP) is 5.99. The van der Waals surface area contributed by atoms with Crippen LogP contribution in [0.15, 0.2) is 71.6 Å². The molecule has 1 fully saturated rings. The third kappa shape index (κ3) is 5.95. The maximum absolute atomic E-state index is 13.1. The van der Waals surface area contributed by atoms with Gasteiger partial charge in [-0.1, -0.05) is 61.2 Å². The Morgan fingerprint density at radius 2 is 1.86 bits per heavy atom. The molecule has 0 unspecified atom stereocenters. The number of nitrogens with one attached hydrogen (secondary N) is 1. The van der Waals surface area contributed by atoms with Crippen LogP contribution in [0.1, 0.15) is 23.6 Å². The number of benzene rings is 3. The minimum Gasteiger partial charge on any atom is -0.493 e. The van der Waals surface area contributed by atoms with Crippen molar-refractivity contribution >= 4 is 57.6 Å². The molecule has 1 N–H and O–H groups in total. The zero-order valence-corrected chi connectivity index (χ0v) is 21.9. The number of thioether (sulfide) groups is 1. The summed E-state index contributed by atoms with van der Waals surface area (Å²) in [5, 5.41) is 2.81. The molecule has 4 rings (SSSR count). The first-order chi connectivity index (χ1) is 17.4. The molecule has 0 aromatic heterocycles. The lowest BCUT2D eigenvalue weighted by Crippen LogP contribution is -2.27. The van der Waals surface area contributed by atoms with Crippen LogP contribution in [0.25, 0.3) is 6.08 Å². The number of anilines is 2. The Labute approximate surface area is 220 Å². The number of carbonyl (C=O) groups is 2. The third-order valence-corrected chi connectivity index (χ3v) is 6.84. The monoisotopic (exact) mass is 518 g/mol. The summed E-state index contributed by atoms with van der Waals surface area (Å²) in [4.78, 5) is 27.5. The summed E-state index contributed by atoms with van der Waals surface area (Å²) < 4.78 is 11.6. The molecule has 0 bridgehead atoms. The highest BCUT2D eigenvalue weighted by Gasteiger charge is 2.33. The number of thiocarbonyl (C=S) groups is 1. The Balaban J connectivity index is 1.44. The molecular formula is C28H26N2O4S2. The van der Waals surface area contributed by atoms with Gasteiger partial charge in [0, 0.05) is 5.69 Å². The fourth-order valence-electron chi connectivity index (χ4n) is 3.68. The van der Waals surface area contributed by atoms with E-state index in [1.807, 2.05) is 55.5 Å². The van der Waals surface area contributed by atoms with Crippen LogP contribution in [0.2, 0.25) is 0 Å². The molecular weight excluding hydrogens is 492 g/mol. The second kappa shape index (κ2) is 11.4. The van der Waals surface area contributed by atoms with E-state index in [1.165, 1.54) is 24.4 Å². The SMILES string of the molecule is CCc1ccc(N2C(=O)/C(=C/c3ccc(OCC(=O)Nc4cccc(C)c4)c(OC)c3)SC2=S)cc1. The second-order valence-corrected chi connectivity index (χ2v) is 9.83. The molecule has 0 saturated carbocycles. The highest BCUT2D eigenvalue weighted by atomic mass is 32.2. The van der Waals surface area contributed by atoms with Crippen LogP contribution in [0.3, 0.4) is 0 Å². The van der Waals surface area contributed by atoms with Gasteiger partial charge in [-0.05, 0) is 72.5 Å². The fourth-order valence-corrected chi connectivity index (χ4v) is 4.98. The average Bonchev–Trinajstić information content (AvgIpc) is 3.15. The van der Waals surface area contributed by atoms with Gasteiger partial charge in [-0.2, -0.15) is 0 Å². The zero-order valence-electron chi connectivity index (χ0n) is 20.2. The molecule has 0 atom stereocenters. The normalized spacial score (nSPS) is 14.3. The minimum atomic E-state index is -0.276. The van der Waals surface area contributed by atoms with Crippen molar-refractivity contribution in [2.75, 3.05) is 23.9 Å². The second-order valence-electron chi connectivity index (χ2n) is 8.15. The lowest BCUT2D eigenvalue weighted by molar-refractivity contribution is -0.118. The molecule has 1 saturated heterocycles. The number of hydrogen-bond donors (Lipinski definition) is 1. The summed E-state index contributed by atoms with van der Waals surface area (Å²) in [6.07, 6.45) is 2.70. The van der Waals surface area contributed by atoms with Gasteiger partial charge in [-0.15, -0.1) is 0 Å². The van der Waals surface area contributed by atoms with Crippen LogP contribution in [-0.4, -0.2) is 29.9 Å². The molecule has 36 heavy (non-hydrogen) atoms. The van der Waals surface area contributed by atoms with E-state index in [-0.39, 0.29) is 18.4 Å². The number of rotatable bonds is 8. The molecule has 2 amide bonds. The van der Waals surface area contributed by atoms with E-state index < -0.39 is 0 Å². The van der Waals surface area contributed by atoms with Crippen molar-refractivity contribution in [1.29, 1.82) is 0 Å². The zero-order chi connectivity index (χ0) is 25.7. The number of amides is 2. The Kier molecular flexibility index (Phi) is 8.07. The van der Waals surface area contributed by atoms with Gasteiger partial charge in [-0.25, -0.2) is 0 Å². The molecule has 3 aromatic carbocycles. The highest BCUT2D eigenvalue weighted by Crippen LogP contribution is 2.37. The minimum absolute atomic E-state index is 0.165. The Bertz CT molecular complexity index is 1340. The van der Waals surface area contributed by atoms with Gasteiger partial charge in [0.1, 0.15) is 0 Å².